The SMILES string of the molecule is CCOC(=O)N1c2c(cc(C)nc2C)C(N)CC1CC. The van der Waals surface area contributed by atoms with Gasteiger partial charge in [0.1, 0.15) is 0 Å². The van der Waals surface area contributed by atoms with Crippen molar-refractivity contribution >= 4 is 11.8 Å². The summed E-state index contributed by atoms with van der Waals surface area (Å²) >= 11 is 0. The number of fused-ring (bicyclic) bond motifs is 1. The molecule has 0 fully saturated rings. The Kier molecular flexibility index (Phi) is 4.28. The smallest absolute Gasteiger partial charge is 0.414 e. The Balaban J connectivity index is 2.55. The number of aromatic nitrogens is 1. The van der Waals surface area contributed by atoms with Gasteiger partial charge in [0.2, 0.25) is 0 Å². The first kappa shape index (κ1) is 14.8. The number of hydrogen-bond donors (Lipinski definition) is 1. The average Bonchev–Trinajstić information content (AvgIpc) is 2.39. The maximum Gasteiger partial charge on any atom is 0.414 e. The van der Waals surface area contributed by atoms with Crippen molar-refractivity contribution in [1.82, 2.24) is 4.98 Å². The van der Waals surface area contributed by atoms with Crippen LogP contribution in [0.4, 0.5) is 10.5 Å². The lowest BCUT2D eigenvalue weighted by Crippen LogP contribution is -2.46. The fourth-order valence-electron chi connectivity index (χ4n) is 2.94. The molecule has 0 aromatic carbocycles. The fourth-order valence-corrected chi connectivity index (χ4v) is 2.94. The predicted octanol–water partition coefficient (Wildman–Crippen LogP) is 2.84. The zero-order valence-corrected chi connectivity index (χ0v) is 12.6. The number of anilines is 1. The summed E-state index contributed by atoms with van der Waals surface area (Å²) in [7, 11) is 0. The minimum absolute atomic E-state index is 0.0546. The average molecular weight is 277 g/mol. The normalized spacial score (nSPS) is 21.6. The van der Waals surface area contributed by atoms with E-state index >= 15 is 0 Å². The minimum atomic E-state index is -0.304. The molecule has 110 valence electrons. The van der Waals surface area contributed by atoms with Crippen molar-refractivity contribution in [3.8, 4) is 0 Å². The van der Waals surface area contributed by atoms with Crippen LogP contribution in [-0.4, -0.2) is 23.7 Å². The first-order valence-corrected chi connectivity index (χ1v) is 7.19. The molecule has 0 saturated carbocycles. The van der Waals surface area contributed by atoms with E-state index in [4.69, 9.17) is 10.5 Å². The Bertz CT molecular complexity index is 516. The lowest BCUT2D eigenvalue weighted by Gasteiger charge is -2.39. The van der Waals surface area contributed by atoms with Gasteiger partial charge in [-0.15, -0.1) is 0 Å². The number of ether oxygens (including phenoxy) is 1. The van der Waals surface area contributed by atoms with Crippen LogP contribution < -0.4 is 10.6 Å². The number of hydrogen-bond acceptors (Lipinski definition) is 4. The van der Waals surface area contributed by atoms with E-state index in [0.717, 1.165) is 35.5 Å². The topological polar surface area (TPSA) is 68.5 Å². The molecule has 5 heteroatoms. The Labute approximate surface area is 120 Å². The van der Waals surface area contributed by atoms with Crippen LogP contribution in [0.5, 0.6) is 0 Å². The molecule has 2 atom stereocenters. The van der Waals surface area contributed by atoms with Crippen molar-refractivity contribution in [2.75, 3.05) is 11.5 Å². The molecular weight excluding hydrogens is 254 g/mol. The molecule has 2 unspecified atom stereocenters. The molecule has 2 N–H and O–H groups in total. The molecule has 1 aliphatic rings. The van der Waals surface area contributed by atoms with Gasteiger partial charge in [0, 0.05) is 17.8 Å². The molecule has 20 heavy (non-hydrogen) atoms. The molecule has 2 heterocycles. The van der Waals surface area contributed by atoms with Gasteiger partial charge in [-0.1, -0.05) is 6.92 Å². The van der Waals surface area contributed by atoms with Crippen molar-refractivity contribution < 1.29 is 9.53 Å². The maximum atomic E-state index is 12.3. The molecule has 0 bridgehead atoms. The summed E-state index contributed by atoms with van der Waals surface area (Å²) in [5.41, 5.74) is 9.87. The highest BCUT2D eigenvalue weighted by atomic mass is 16.6. The third-order valence-electron chi connectivity index (χ3n) is 3.79. The molecule has 5 nitrogen and oxygen atoms in total. The Morgan fingerprint density at radius 2 is 2.20 bits per heavy atom. The zero-order valence-electron chi connectivity index (χ0n) is 12.6. The molecule has 1 aliphatic heterocycles. The van der Waals surface area contributed by atoms with Crippen LogP contribution in [0.1, 0.15) is 49.7 Å². The van der Waals surface area contributed by atoms with Gasteiger partial charge in [-0.2, -0.15) is 0 Å². The molecule has 0 aliphatic carbocycles. The van der Waals surface area contributed by atoms with E-state index in [1.54, 1.807) is 4.90 Å². The van der Waals surface area contributed by atoms with Crippen LogP contribution in [0.3, 0.4) is 0 Å². The van der Waals surface area contributed by atoms with Crippen molar-refractivity contribution in [3.05, 3.63) is 23.0 Å². The number of nitrogens with two attached hydrogens (primary N) is 1. The molecule has 2 rings (SSSR count). The highest BCUT2D eigenvalue weighted by Crippen LogP contribution is 2.39. The summed E-state index contributed by atoms with van der Waals surface area (Å²) in [4.78, 5) is 18.5. The van der Waals surface area contributed by atoms with Crippen LogP contribution in [0.2, 0.25) is 0 Å². The van der Waals surface area contributed by atoms with E-state index < -0.39 is 0 Å². The van der Waals surface area contributed by atoms with Crippen LogP contribution in [0.25, 0.3) is 0 Å². The summed E-state index contributed by atoms with van der Waals surface area (Å²) in [5, 5.41) is 0. The third kappa shape index (κ3) is 2.50. The van der Waals surface area contributed by atoms with Gasteiger partial charge in [0.25, 0.3) is 0 Å². The molecular formula is C15H23N3O2. The van der Waals surface area contributed by atoms with E-state index in [1.807, 2.05) is 26.8 Å². The van der Waals surface area contributed by atoms with Crippen LogP contribution >= 0.6 is 0 Å². The monoisotopic (exact) mass is 277 g/mol. The summed E-state index contributed by atoms with van der Waals surface area (Å²) in [6, 6.07) is 1.99. The first-order chi connectivity index (χ1) is 9.49. The van der Waals surface area contributed by atoms with Crippen molar-refractivity contribution in [3.63, 3.8) is 0 Å². The number of amides is 1. The van der Waals surface area contributed by atoms with E-state index in [1.165, 1.54) is 0 Å². The van der Waals surface area contributed by atoms with E-state index in [0.29, 0.717) is 6.61 Å². The summed E-state index contributed by atoms with van der Waals surface area (Å²) in [5.74, 6) is 0. The second kappa shape index (κ2) is 5.79. The lowest BCUT2D eigenvalue weighted by molar-refractivity contribution is 0.155. The highest BCUT2D eigenvalue weighted by Gasteiger charge is 2.36. The van der Waals surface area contributed by atoms with E-state index in [9.17, 15) is 4.79 Å². The highest BCUT2D eigenvalue weighted by molar-refractivity contribution is 5.91. The molecule has 1 aromatic heterocycles. The van der Waals surface area contributed by atoms with Crippen LogP contribution in [0.15, 0.2) is 6.07 Å². The van der Waals surface area contributed by atoms with Crippen LogP contribution in [-0.2, 0) is 4.74 Å². The maximum absolute atomic E-state index is 12.3. The second-order valence-corrected chi connectivity index (χ2v) is 5.26. The van der Waals surface area contributed by atoms with E-state index in [2.05, 4.69) is 11.9 Å². The van der Waals surface area contributed by atoms with Crippen molar-refractivity contribution in [2.45, 2.75) is 52.6 Å². The number of carbonyl (C=O) groups excluding carboxylic acids is 1. The van der Waals surface area contributed by atoms with Gasteiger partial charge in [0.15, 0.2) is 0 Å². The third-order valence-corrected chi connectivity index (χ3v) is 3.79. The second-order valence-electron chi connectivity index (χ2n) is 5.26. The fraction of sp³-hybridized carbons (Fsp3) is 0.600. The lowest BCUT2D eigenvalue weighted by atomic mass is 9.90. The van der Waals surface area contributed by atoms with E-state index in [-0.39, 0.29) is 18.2 Å². The zero-order chi connectivity index (χ0) is 14.9. The summed E-state index contributed by atoms with van der Waals surface area (Å²) in [6.07, 6.45) is 1.30. The van der Waals surface area contributed by atoms with Gasteiger partial charge in [-0.3, -0.25) is 9.88 Å². The summed E-state index contributed by atoms with van der Waals surface area (Å²) < 4.78 is 5.21. The van der Waals surface area contributed by atoms with Crippen molar-refractivity contribution in [1.29, 1.82) is 0 Å². The van der Waals surface area contributed by atoms with Gasteiger partial charge in [-0.25, -0.2) is 4.79 Å². The Hall–Kier alpha value is -1.62. The van der Waals surface area contributed by atoms with Gasteiger partial charge < -0.3 is 10.5 Å². The number of nitrogens with zero attached hydrogens (tertiary/aromatic N) is 2. The largest absolute Gasteiger partial charge is 0.449 e. The molecule has 1 amide bonds. The number of rotatable bonds is 2. The predicted molar refractivity (Wildman–Crippen MR) is 78.8 cm³/mol. The quantitative estimate of drug-likeness (QED) is 0.902. The Morgan fingerprint density at radius 1 is 1.50 bits per heavy atom. The molecule has 0 radical (unpaired) electrons. The Morgan fingerprint density at radius 3 is 2.80 bits per heavy atom. The van der Waals surface area contributed by atoms with Gasteiger partial charge in [0.05, 0.1) is 18.0 Å². The van der Waals surface area contributed by atoms with Gasteiger partial charge in [-0.05, 0) is 45.2 Å². The number of aryl methyl sites for hydroxylation is 2. The number of pyridine rings is 1. The van der Waals surface area contributed by atoms with Crippen molar-refractivity contribution in [2.24, 2.45) is 5.73 Å². The minimum Gasteiger partial charge on any atom is -0.449 e. The summed E-state index contributed by atoms with van der Waals surface area (Å²) in [6.45, 7) is 8.11. The molecule has 0 spiro atoms. The number of carbonyl (C=O) groups is 1. The standard InChI is InChI=1S/C15H23N3O2/c1-5-11-8-13(16)12-7-9(3)17-10(4)14(12)18(11)15(19)20-6-2/h7,11,13H,5-6,8,16H2,1-4H3. The molecule has 0 saturated heterocycles. The van der Waals surface area contributed by atoms with Gasteiger partial charge >= 0.3 is 6.09 Å². The first-order valence-electron chi connectivity index (χ1n) is 7.19. The van der Waals surface area contributed by atoms with Crippen LogP contribution in [0, 0.1) is 13.8 Å². The molecule has 1 aromatic rings.